The zero-order valence-corrected chi connectivity index (χ0v) is 65.2. The molecule has 18 aromatic carbocycles. The average Bonchev–Trinajstić information content (AvgIpc) is 1.53. The molecular weight excluding hydrogens is 1550 g/mol. The van der Waals surface area contributed by atoms with E-state index >= 15 is 0 Å². The predicted octanol–water partition coefficient (Wildman–Crippen LogP) is 30.2. The van der Waals surface area contributed by atoms with Crippen molar-refractivity contribution in [3.05, 3.63) is 412 Å². The van der Waals surface area contributed by atoms with E-state index in [2.05, 4.69) is 0 Å². The lowest BCUT2D eigenvalue weighted by molar-refractivity contribution is 0.668. The molecule has 0 saturated carbocycles. The fourth-order valence-electron chi connectivity index (χ4n) is 16.7. The minimum absolute atomic E-state index is 0.00446. The summed E-state index contributed by atoms with van der Waals surface area (Å²) in [5.41, 5.74) is 6.34. The Morgan fingerprint density at radius 1 is 0.206 bits per heavy atom. The van der Waals surface area contributed by atoms with Gasteiger partial charge in [-0.25, -0.2) is 9.97 Å². The molecule has 26 rings (SSSR count). The van der Waals surface area contributed by atoms with Crippen molar-refractivity contribution in [2.45, 2.75) is 0 Å². The zero-order valence-electron chi connectivity index (χ0n) is 95.2. The molecular formula is C114H68N8O4. The van der Waals surface area contributed by atoms with Crippen molar-refractivity contribution >= 4 is 131 Å². The summed E-state index contributed by atoms with van der Waals surface area (Å²) in [5, 5.41) is -0.00244. The van der Waals surface area contributed by atoms with E-state index in [1.54, 1.807) is 115 Å². The number of hydrogen-bond donors (Lipinski definition) is 0. The van der Waals surface area contributed by atoms with E-state index in [0.29, 0.717) is 60.9 Å². The monoisotopic (exact) mass is 1640 g/mol. The number of rotatable bonds is 12. The average molecular weight is 1640 g/mol. The van der Waals surface area contributed by atoms with Gasteiger partial charge in [0.15, 0.2) is 34.5 Å². The Hall–Kier alpha value is -17.2. The quantitative estimate of drug-likeness (QED) is 0.116. The molecule has 26 aromatic rings. The summed E-state index contributed by atoms with van der Waals surface area (Å²) in [6.45, 7) is 0. The molecule has 126 heavy (non-hydrogen) atoms. The Morgan fingerprint density at radius 2 is 0.643 bits per heavy atom. The highest BCUT2D eigenvalue weighted by Crippen LogP contribution is 2.47. The van der Waals surface area contributed by atoms with Gasteiger partial charge in [-0.1, -0.05) is 327 Å². The molecule has 0 amide bonds. The van der Waals surface area contributed by atoms with Crippen LogP contribution in [0.3, 0.4) is 0 Å². The SMILES string of the molecule is [2H]c1c([2H])c(-c2ccccc2)c2c(oc3c([2H])c(-c4nc(-c5cccc(-c6cccc(-c7ccccc7)c6)c5)nc(-n5c6c([2H])c([2H])c([2H])c([2H])c6c6c([2H])c([2H])c7c(oc8c([2H])c([2H])c([2H])c([2H])c87)c65)n4)c([2H])c([2H])c32)c1[2H].[2H]c1c([2H])c([2H])c(-c2cccc3oc4cc(-c5nc(-c6ccc(-c7ccccc7)cc6)nc(-n6c7c([2H])c([2H])c([2H])c(-c8ccccc8)c7c7c([2H])c([2H])c8c(oc9c([2H])c([2H])c([2H])c([2H])c98)c76)n5)ccc4c23)c([2H])c1[2H]. The number of benzene rings is 18. The van der Waals surface area contributed by atoms with Crippen molar-refractivity contribution in [1.29, 1.82) is 0 Å². The highest BCUT2D eigenvalue weighted by atomic mass is 16.3. The minimum Gasteiger partial charge on any atom is -0.456 e. The summed E-state index contributed by atoms with van der Waals surface area (Å²) in [6.07, 6.45) is 0. The number of para-hydroxylation sites is 3. The molecule has 0 bridgehead atoms. The molecule has 8 aromatic heterocycles. The third-order valence-electron chi connectivity index (χ3n) is 22.4. The summed E-state index contributed by atoms with van der Waals surface area (Å²) in [4.78, 5) is 30.0. The van der Waals surface area contributed by atoms with Crippen molar-refractivity contribution in [3.63, 3.8) is 0 Å². The number of hydrogen-bond acceptors (Lipinski definition) is 10. The van der Waals surface area contributed by atoms with E-state index in [9.17, 15) is 16.4 Å². The van der Waals surface area contributed by atoms with Crippen LogP contribution in [0.15, 0.2) is 429 Å². The minimum atomic E-state index is -0.703. The maximum atomic E-state index is 9.84. The first-order valence-corrected chi connectivity index (χ1v) is 39.7. The second-order valence-electron chi connectivity index (χ2n) is 29.6. The van der Waals surface area contributed by atoms with Crippen molar-refractivity contribution in [1.82, 2.24) is 39.0 Å². The molecule has 0 saturated heterocycles. The van der Waals surface area contributed by atoms with Gasteiger partial charge in [0.05, 0.1) is 52.2 Å². The van der Waals surface area contributed by atoms with Crippen molar-refractivity contribution < 1.29 is 58.8 Å². The Bertz CT molecular complexity index is 10800. The van der Waals surface area contributed by atoms with Crippen LogP contribution >= 0.6 is 0 Å². The van der Waals surface area contributed by atoms with Crippen LogP contribution < -0.4 is 0 Å². The van der Waals surface area contributed by atoms with Crippen LogP contribution in [0, 0.1) is 0 Å². The lowest BCUT2D eigenvalue weighted by Gasteiger charge is -2.12. The number of furan rings is 4. The lowest BCUT2D eigenvalue weighted by Crippen LogP contribution is -2.06. The van der Waals surface area contributed by atoms with Crippen LogP contribution in [-0.4, -0.2) is 39.0 Å². The summed E-state index contributed by atoms with van der Waals surface area (Å²) in [6, 6.07) is 53.9. The fraction of sp³-hybridized carbons (Fsp3) is 0. The molecule has 12 nitrogen and oxygen atoms in total. The van der Waals surface area contributed by atoms with E-state index in [0.717, 1.165) is 27.8 Å². The Labute approximate surface area is 762 Å². The van der Waals surface area contributed by atoms with E-state index in [1.165, 1.54) is 9.13 Å². The Balaban J connectivity index is 0.000000160. The third kappa shape index (κ3) is 12.0. The number of aromatic nitrogens is 8. The molecule has 12 heteroatoms. The van der Waals surface area contributed by atoms with E-state index < -0.39 is 169 Å². The summed E-state index contributed by atoms with van der Waals surface area (Å²) in [5.74, 6) is -0.927. The van der Waals surface area contributed by atoms with Gasteiger partial charge < -0.3 is 17.7 Å². The van der Waals surface area contributed by atoms with Crippen LogP contribution in [0.2, 0.25) is 0 Å². The second-order valence-corrected chi connectivity index (χ2v) is 29.6. The van der Waals surface area contributed by atoms with Crippen LogP contribution in [0.4, 0.5) is 0 Å². The van der Waals surface area contributed by atoms with Gasteiger partial charge >= 0.3 is 0 Å². The fourth-order valence-corrected chi connectivity index (χ4v) is 16.7. The number of fused-ring (bicyclic) bond motifs is 20. The summed E-state index contributed by atoms with van der Waals surface area (Å²) >= 11 is 0. The molecule has 0 atom stereocenters. The Morgan fingerprint density at radius 3 is 1.30 bits per heavy atom. The van der Waals surface area contributed by atoms with E-state index in [4.69, 9.17) is 72.2 Å². The highest BCUT2D eigenvalue weighted by molar-refractivity contribution is 6.25. The first-order chi connectivity index (χ1) is 74.9. The van der Waals surface area contributed by atoms with Gasteiger partial charge in [0.1, 0.15) is 44.5 Å². The molecule has 8 heterocycles. The predicted molar refractivity (Wildman–Crippen MR) is 512 cm³/mol. The van der Waals surface area contributed by atoms with Gasteiger partial charge in [0.25, 0.3) is 0 Å². The molecule has 0 N–H and O–H groups in total. The zero-order chi connectivity index (χ0) is 109. The molecule has 0 unspecified atom stereocenters. The van der Waals surface area contributed by atoms with Gasteiger partial charge in [-0.2, -0.15) is 19.9 Å². The normalized spacial score (nSPS) is 15.1. The van der Waals surface area contributed by atoms with Crippen molar-refractivity contribution in [2.75, 3.05) is 0 Å². The van der Waals surface area contributed by atoms with Crippen LogP contribution in [0.25, 0.3) is 256 Å². The van der Waals surface area contributed by atoms with Gasteiger partial charge in [-0.05, 0) is 151 Å². The maximum Gasteiger partial charge on any atom is 0.238 e. The van der Waals surface area contributed by atoms with E-state index in [1.807, 2.05) is 115 Å². The van der Waals surface area contributed by atoms with Gasteiger partial charge in [0.2, 0.25) is 11.9 Å². The first-order valence-electron chi connectivity index (χ1n) is 54.7. The number of nitrogens with zero attached hydrogens (tertiary/aromatic N) is 8. The van der Waals surface area contributed by atoms with Crippen molar-refractivity contribution in [3.8, 4) is 124 Å². The van der Waals surface area contributed by atoms with Crippen LogP contribution in [0.5, 0.6) is 0 Å². The van der Waals surface area contributed by atoms with Crippen LogP contribution in [-0.2, 0) is 0 Å². The summed E-state index contributed by atoms with van der Waals surface area (Å²) in [7, 11) is 0. The summed E-state index contributed by atoms with van der Waals surface area (Å²) < 4.78 is 299. The molecule has 0 fully saturated rings. The van der Waals surface area contributed by atoms with Crippen molar-refractivity contribution in [2.24, 2.45) is 0 Å². The molecule has 588 valence electrons. The lowest BCUT2D eigenvalue weighted by atomic mass is 9.98. The van der Waals surface area contributed by atoms with E-state index in [-0.39, 0.29) is 179 Å². The van der Waals surface area contributed by atoms with Crippen LogP contribution in [0.1, 0.15) is 41.1 Å². The molecule has 0 aliphatic carbocycles. The maximum absolute atomic E-state index is 9.84. The molecule has 0 spiro atoms. The largest absolute Gasteiger partial charge is 0.456 e. The van der Waals surface area contributed by atoms with Gasteiger partial charge in [0, 0.05) is 86.9 Å². The molecule has 0 aliphatic heterocycles. The molecule has 0 radical (unpaired) electrons. The van der Waals surface area contributed by atoms with Gasteiger partial charge in [-0.3, -0.25) is 9.13 Å². The third-order valence-corrected chi connectivity index (χ3v) is 22.4. The van der Waals surface area contributed by atoms with Gasteiger partial charge in [-0.15, -0.1) is 0 Å². The standard InChI is InChI=1S/2C57H34N4O2/c1-4-14-35(15-5-1)36-26-28-39(29-27-36)55-58-56(40-30-31-45-50(34-40)62-49-25-13-22-42(52(45)49)38-18-8-3-9-19-38)60-57(59-55)61-47-23-12-21-41(37-16-6-2-7-17-37)51(47)46-33-32-44-43-20-10-11-24-48(43)63-54(44)53(46)61;1-3-14-35(15-4-1)37-18-11-19-38(32-37)39-20-12-21-40(33-39)55-58-56(41-28-29-47-51(34-41)62-50-27-13-24-42(52(47)50)36-16-5-2-6-17-36)60-57(59-55)61-48-25-9-7-22-43(48)45-30-31-46-44-23-8-10-26-49(44)63-54(46)53(45)61/h2*1-34H/i3D,8D,9D,10D,11D,12D,18D,19D,20D,21D,23D,24D,32D,33D;7D,8D,9D,10D,13D,22D,23D,24D,25D,26D,27D,28D,29D,30D,31D,34D. The second kappa shape index (κ2) is 29.3. The highest BCUT2D eigenvalue weighted by Gasteiger charge is 2.28. The smallest absolute Gasteiger partial charge is 0.238 e. The topological polar surface area (TPSA) is 140 Å². The molecule has 0 aliphatic rings. The first kappa shape index (κ1) is 47.7. The Kier molecular flexibility index (Phi) is 11.1.